The highest BCUT2D eigenvalue weighted by Gasteiger charge is 2.22. The number of rotatable bonds is 2. The monoisotopic (exact) mass is 536 g/mol. The topological polar surface area (TPSA) is 0 Å². The minimum atomic E-state index is 1.25. The lowest BCUT2D eigenvalue weighted by atomic mass is 9.85. The van der Waals surface area contributed by atoms with E-state index in [1.165, 1.54) is 86.3 Å². The maximum absolute atomic E-state index is 2.39. The van der Waals surface area contributed by atoms with Crippen LogP contribution in [0.4, 0.5) is 0 Å². The van der Waals surface area contributed by atoms with Crippen LogP contribution in [0.1, 0.15) is 0 Å². The quantitative estimate of drug-likeness (QED) is 0.156. The molecule has 1 heterocycles. The molecule has 0 N–H and O–H groups in total. The molecule has 0 radical (unpaired) electrons. The fourth-order valence-electron chi connectivity index (χ4n) is 6.86. The molecule has 0 aromatic heterocycles. The van der Waals surface area contributed by atoms with Gasteiger partial charge in [0, 0.05) is 15.2 Å². The Balaban J connectivity index is 1.40. The fourth-order valence-corrected chi connectivity index (χ4v) is 8.00. The van der Waals surface area contributed by atoms with E-state index in [0.29, 0.717) is 0 Å². The first-order valence-electron chi connectivity index (χ1n) is 14.1. The molecule has 8 aromatic carbocycles. The van der Waals surface area contributed by atoms with E-state index >= 15 is 0 Å². The Bertz CT molecular complexity index is 2330. The molecule has 0 saturated heterocycles. The van der Waals surface area contributed by atoms with Crippen LogP contribution in [0, 0.1) is 0 Å². The van der Waals surface area contributed by atoms with E-state index in [0.717, 1.165) is 0 Å². The van der Waals surface area contributed by atoms with Gasteiger partial charge in [-0.2, -0.15) is 0 Å². The predicted octanol–water partition coefficient (Wildman–Crippen LogP) is 11.8. The molecular weight excluding hydrogens is 513 g/mol. The molecule has 0 bridgehead atoms. The summed E-state index contributed by atoms with van der Waals surface area (Å²) in [6, 6.07) is 53.7. The molecule has 0 amide bonds. The molecule has 0 saturated carbocycles. The van der Waals surface area contributed by atoms with Gasteiger partial charge in [-0.3, -0.25) is 0 Å². The lowest BCUT2D eigenvalue weighted by Crippen LogP contribution is -1.95. The summed E-state index contributed by atoms with van der Waals surface area (Å²) in [5.41, 5.74) is 7.80. The summed E-state index contributed by atoms with van der Waals surface area (Å²) in [4.78, 5) is 2.66. The molecule has 0 fully saturated rings. The summed E-state index contributed by atoms with van der Waals surface area (Å²) >= 11 is 1.89. The standard InChI is InChI=1S/C40H24S/c1-2-10-25(11-3-1)27-15-8-16-29-30(27)20-21-35-36(29)24-26-12-4-5-13-28(26)39(35)34-23-22-33-31-14-6-7-18-37(31)41-38-19-9-17-32(34)40(33)38/h1-24H. The maximum Gasteiger partial charge on any atom is 0.0207 e. The molecule has 0 atom stereocenters. The minimum Gasteiger partial charge on any atom is -0.0888 e. The largest absolute Gasteiger partial charge is 0.0888 e. The summed E-state index contributed by atoms with van der Waals surface area (Å²) in [5, 5.41) is 10.4. The van der Waals surface area contributed by atoms with Crippen LogP contribution in [0.5, 0.6) is 0 Å². The van der Waals surface area contributed by atoms with Gasteiger partial charge in [0.15, 0.2) is 0 Å². The van der Waals surface area contributed by atoms with Crippen molar-refractivity contribution in [1.29, 1.82) is 0 Å². The van der Waals surface area contributed by atoms with Crippen molar-refractivity contribution in [3.05, 3.63) is 146 Å². The fraction of sp³-hybridized carbons (Fsp3) is 0. The second-order valence-corrected chi connectivity index (χ2v) is 11.9. The number of fused-ring (bicyclic) bond motifs is 6. The number of hydrogen-bond acceptors (Lipinski definition) is 1. The van der Waals surface area contributed by atoms with Crippen LogP contribution in [-0.2, 0) is 0 Å². The Kier molecular flexibility index (Phi) is 4.93. The van der Waals surface area contributed by atoms with Gasteiger partial charge in [0.25, 0.3) is 0 Å². The van der Waals surface area contributed by atoms with E-state index in [1.807, 2.05) is 11.8 Å². The van der Waals surface area contributed by atoms with Gasteiger partial charge in [-0.1, -0.05) is 139 Å². The zero-order chi connectivity index (χ0) is 26.9. The van der Waals surface area contributed by atoms with E-state index in [-0.39, 0.29) is 0 Å². The average molecular weight is 537 g/mol. The van der Waals surface area contributed by atoms with Gasteiger partial charge in [0.2, 0.25) is 0 Å². The van der Waals surface area contributed by atoms with Gasteiger partial charge in [0.05, 0.1) is 0 Å². The van der Waals surface area contributed by atoms with E-state index in [1.54, 1.807) is 0 Å². The summed E-state index contributed by atoms with van der Waals surface area (Å²) in [6.07, 6.45) is 0. The third-order valence-electron chi connectivity index (χ3n) is 8.66. The van der Waals surface area contributed by atoms with Crippen LogP contribution in [0.25, 0.3) is 76.5 Å². The van der Waals surface area contributed by atoms with Crippen LogP contribution >= 0.6 is 11.8 Å². The molecule has 190 valence electrons. The zero-order valence-electron chi connectivity index (χ0n) is 22.3. The van der Waals surface area contributed by atoms with Gasteiger partial charge in [-0.15, -0.1) is 0 Å². The predicted molar refractivity (Wildman–Crippen MR) is 177 cm³/mol. The molecule has 1 heteroatoms. The Morgan fingerprint density at radius 2 is 1.02 bits per heavy atom. The third kappa shape index (κ3) is 3.36. The smallest absolute Gasteiger partial charge is 0.0207 e. The van der Waals surface area contributed by atoms with Crippen LogP contribution < -0.4 is 0 Å². The van der Waals surface area contributed by atoms with Gasteiger partial charge in [-0.05, 0) is 89.3 Å². The molecule has 0 aliphatic carbocycles. The number of benzene rings is 8. The highest BCUT2D eigenvalue weighted by molar-refractivity contribution is 7.99. The maximum atomic E-state index is 2.39. The molecule has 0 unspecified atom stereocenters. The van der Waals surface area contributed by atoms with Gasteiger partial charge in [-0.25, -0.2) is 0 Å². The van der Waals surface area contributed by atoms with Crippen molar-refractivity contribution >= 4 is 54.9 Å². The second kappa shape index (κ2) is 8.83. The van der Waals surface area contributed by atoms with E-state index < -0.39 is 0 Å². The van der Waals surface area contributed by atoms with Gasteiger partial charge < -0.3 is 0 Å². The molecule has 41 heavy (non-hydrogen) atoms. The number of hydrogen-bond donors (Lipinski definition) is 0. The van der Waals surface area contributed by atoms with Gasteiger partial charge >= 0.3 is 0 Å². The summed E-state index contributed by atoms with van der Waals surface area (Å²) < 4.78 is 0. The first-order valence-corrected chi connectivity index (χ1v) is 14.9. The normalized spacial score (nSPS) is 12.3. The van der Waals surface area contributed by atoms with Crippen molar-refractivity contribution < 1.29 is 0 Å². The molecule has 1 aliphatic rings. The molecule has 0 spiro atoms. The first kappa shape index (κ1) is 22.9. The first-order chi connectivity index (χ1) is 20.3. The van der Waals surface area contributed by atoms with Crippen molar-refractivity contribution in [3.63, 3.8) is 0 Å². The Hall–Kier alpha value is -4.85. The Morgan fingerprint density at radius 3 is 1.98 bits per heavy atom. The zero-order valence-corrected chi connectivity index (χ0v) is 23.1. The molecular formula is C40H24S. The van der Waals surface area contributed by atoms with Crippen molar-refractivity contribution in [2.75, 3.05) is 0 Å². The Morgan fingerprint density at radius 1 is 0.341 bits per heavy atom. The summed E-state index contributed by atoms with van der Waals surface area (Å²) in [5.74, 6) is 0. The van der Waals surface area contributed by atoms with Crippen molar-refractivity contribution in [3.8, 4) is 33.4 Å². The second-order valence-electron chi connectivity index (χ2n) is 10.8. The lowest BCUT2D eigenvalue weighted by molar-refractivity contribution is 1.40. The summed E-state index contributed by atoms with van der Waals surface area (Å²) in [6.45, 7) is 0. The minimum absolute atomic E-state index is 1.25. The van der Waals surface area contributed by atoms with Crippen LogP contribution in [-0.4, -0.2) is 0 Å². The average Bonchev–Trinajstić information content (AvgIpc) is 3.04. The van der Waals surface area contributed by atoms with Crippen LogP contribution in [0.2, 0.25) is 0 Å². The highest BCUT2D eigenvalue weighted by Crippen LogP contribution is 2.51. The third-order valence-corrected chi connectivity index (χ3v) is 9.79. The van der Waals surface area contributed by atoms with E-state index in [9.17, 15) is 0 Å². The van der Waals surface area contributed by atoms with Crippen molar-refractivity contribution in [2.24, 2.45) is 0 Å². The van der Waals surface area contributed by atoms with Crippen molar-refractivity contribution in [1.82, 2.24) is 0 Å². The van der Waals surface area contributed by atoms with Crippen LogP contribution in [0.15, 0.2) is 155 Å². The highest BCUT2D eigenvalue weighted by atomic mass is 32.2. The van der Waals surface area contributed by atoms with E-state index in [2.05, 4.69) is 146 Å². The molecule has 0 nitrogen and oxygen atoms in total. The van der Waals surface area contributed by atoms with E-state index in [4.69, 9.17) is 0 Å². The SMILES string of the molecule is c1ccc(-c2cccc3c2ccc2c(-c4ccc5c6c(cccc46)Sc4ccccc4-5)c4ccccc4cc23)cc1. The Labute approximate surface area is 242 Å². The molecule has 9 rings (SSSR count). The molecule has 8 aromatic rings. The lowest BCUT2D eigenvalue weighted by Gasteiger charge is -2.23. The molecule has 1 aliphatic heterocycles. The van der Waals surface area contributed by atoms with Crippen molar-refractivity contribution in [2.45, 2.75) is 9.79 Å². The van der Waals surface area contributed by atoms with Gasteiger partial charge in [0.1, 0.15) is 0 Å². The van der Waals surface area contributed by atoms with Crippen LogP contribution in [0.3, 0.4) is 0 Å². The summed E-state index contributed by atoms with van der Waals surface area (Å²) in [7, 11) is 0.